The van der Waals surface area contributed by atoms with Gasteiger partial charge in [0.2, 0.25) is 5.95 Å². The first-order valence-corrected chi connectivity index (χ1v) is 9.21. The van der Waals surface area contributed by atoms with Gasteiger partial charge in [0, 0.05) is 29.9 Å². The molecular weight excluding hydrogens is 336 g/mol. The second kappa shape index (κ2) is 7.91. The molecule has 2 aromatic rings. The first-order chi connectivity index (χ1) is 12.1. The van der Waals surface area contributed by atoms with E-state index in [2.05, 4.69) is 22.1 Å². The van der Waals surface area contributed by atoms with Crippen LogP contribution in [0.4, 0.5) is 17.5 Å². The van der Waals surface area contributed by atoms with Crippen molar-refractivity contribution in [2.75, 3.05) is 23.9 Å². The van der Waals surface area contributed by atoms with Crippen LogP contribution in [0, 0.1) is 6.92 Å². The summed E-state index contributed by atoms with van der Waals surface area (Å²) in [5.74, 6) is 2.24. The van der Waals surface area contributed by atoms with Crippen molar-refractivity contribution in [1.82, 2.24) is 9.97 Å². The second-order valence-electron chi connectivity index (χ2n) is 6.42. The average Bonchev–Trinajstić information content (AvgIpc) is 2.64. The predicted octanol–water partition coefficient (Wildman–Crippen LogP) is 4.96. The van der Waals surface area contributed by atoms with E-state index in [0.717, 1.165) is 36.0 Å². The number of methoxy groups -OCH3 is 1. The van der Waals surface area contributed by atoms with Gasteiger partial charge in [0.15, 0.2) is 0 Å². The van der Waals surface area contributed by atoms with Crippen LogP contribution in [0.5, 0.6) is 5.75 Å². The molecule has 1 fully saturated rings. The molecule has 1 atom stereocenters. The van der Waals surface area contributed by atoms with Crippen molar-refractivity contribution in [3.05, 3.63) is 35.0 Å². The molecule has 0 spiro atoms. The average molecular weight is 361 g/mol. The summed E-state index contributed by atoms with van der Waals surface area (Å²) in [6, 6.07) is 6.19. The molecule has 0 bridgehead atoms. The Hall–Kier alpha value is -2.01. The number of piperidine rings is 1. The summed E-state index contributed by atoms with van der Waals surface area (Å²) >= 11 is 6.19. The smallest absolute Gasteiger partial charge is 0.227 e. The van der Waals surface area contributed by atoms with Crippen molar-refractivity contribution in [2.24, 2.45) is 0 Å². The summed E-state index contributed by atoms with van der Waals surface area (Å²) in [4.78, 5) is 11.6. The second-order valence-corrected chi connectivity index (χ2v) is 6.83. The van der Waals surface area contributed by atoms with E-state index in [9.17, 15) is 0 Å². The lowest BCUT2D eigenvalue weighted by Crippen LogP contribution is -2.40. The molecule has 1 saturated heterocycles. The van der Waals surface area contributed by atoms with E-state index in [1.165, 1.54) is 19.3 Å². The zero-order chi connectivity index (χ0) is 17.8. The van der Waals surface area contributed by atoms with Crippen molar-refractivity contribution in [3.8, 4) is 5.75 Å². The topological polar surface area (TPSA) is 50.3 Å². The van der Waals surface area contributed by atoms with Gasteiger partial charge in [-0.15, -0.1) is 0 Å². The molecule has 5 nitrogen and oxygen atoms in total. The molecule has 134 valence electrons. The molecule has 1 aromatic carbocycles. The van der Waals surface area contributed by atoms with Crippen LogP contribution in [0.3, 0.4) is 0 Å². The molecule has 6 heteroatoms. The van der Waals surface area contributed by atoms with Gasteiger partial charge in [-0.3, -0.25) is 0 Å². The van der Waals surface area contributed by atoms with Gasteiger partial charge < -0.3 is 15.0 Å². The Labute approximate surface area is 154 Å². The fraction of sp³-hybridized carbons (Fsp3) is 0.474. The molecule has 3 rings (SSSR count). The van der Waals surface area contributed by atoms with Gasteiger partial charge in [-0.05, 0) is 50.3 Å². The molecule has 0 saturated carbocycles. The Balaban J connectivity index is 1.86. The summed E-state index contributed by atoms with van der Waals surface area (Å²) < 4.78 is 5.43. The number of anilines is 3. The van der Waals surface area contributed by atoms with Gasteiger partial charge >= 0.3 is 0 Å². The van der Waals surface area contributed by atoms with Gasteiger partial charge in [0.1, 0.15) is 11.6 Å². The summed E-state index contributed by atoms with van der Waals surface area (Å²) in [6.45, 7) is 5.22. The predicted molar refractivity (Wildman–Crippen MR) is 103 cm³/mol. The molecule has 2 heterocycles. The lowest BCUT2D eigenvalue weighted by Gasteiger charge is -2.35. The van der Waals surface area contributed by atoms with Crippen molar-refractivity contribution in [2.45, 2.75) is 45.6 Å². The Morgan fingerprint density at radius 3 is 2.96 bits per heavy atom. The standard InChI is InChI=1S/C19H25ClN4O/c1-4-14-7-5-6-10-24(14)19-21-9-8-18(23-19)22-16-11-13(2)15(20)12-17(16)25-3/h8-9,11-12,14H,4-7,10H2,1-3H3,(H,21,22,23). The monoisotopic (exact) mass is 360 g/mol. The molecule has 1 aromatic heterocycles. The number of aromatic nitrogens is 2. The maximum atomic E-state index is 6.19. The van der Waals surface area contributed by atoms with Gasteiger partial charge in [-0.25, -0.2) is 4.98 Å². The summed E-state index contributed by atoms with van der Waals surface area (Å²) in [6.07, 6.45) is 6.62. The Bertz CT molecular complexity index is 737. The van der Waals surface area contributed by atoms with E-state index in [-0.39, 0.29) is 0 Å². The largest absolute Gasteiger partial charge is 0.495 e. The Kier molecular flexibility index (Phi) is 5.63. The van der Waals surface area contributed by atoms with E-state index in [1.807, 2.05) is 25.1 Å². The lowest BCUT2D eigenvalue weighted by molar-refractivity contribution is 0.416. The fourth-order valence-electron chi connectivity index (χ4n) is 3.31. The maximum absolute atomic E-state index is 6.19. The number of hydrogen-bond acceptors (Lipinski definition) is 5. The van der Waals surface area contributed by atoms with Crippen molar-refractivity contribution < 1.29 is 4.74 Å². The molecular formula is C19H25ClN4O. The minimum absolute atomic E-state index is 0.524. The van der Waals surface area contributed by atoms with Gasteiger partial charge in [-0.2, -0.15) is 4.98 Å². The van der Waals surface area contributed by atoms with Crippen molar-refractivity contribution >= 4 is 29.1 Å². The van der Waals surface area contributed by atoms with Gasteiger partial charge in [0.05, 0.1) is 12.8 Å². The first-order valence-electron chi connectivity index (χ1n) is 8.83. The molecule has 0 amide bonds. The minimum atomic E-state index is 0.524. The van der Waals surface area contributed by atoms with Gasteiger partial charge in [-0.1, -0.05) is 18.5 Å². The fourth-order valence-corrected chi connectivity index (χ4v) is 3.47. The van der Waals surface area contributed by atoms with Crippen LogP contribution in [0.2, 0.25) is 5.02 Å². The lowest BCUT2D eigenvalue weighted by atomic mass is 10.0. The van der Waals surface area contributed by atoms with Crippen LogP contribution in [-0.4, -0.2) is 29.7 Å². The highest BCUT2D eigenvalue weighted by molar-refractivity contribution is 6.31. The van der Waals surface area contributed by atoms with Crippen LogP contribution in [-0.2, 0) is 0 Å². The number of aryl methyl sites for hydroxylation is 1. The molecule has 25 heavy (non-hydrogen) atoms. The molecule has 1 aliphatic rings. The molecule has 0 aliphatic carbocycles. The van der Waals surface area contributed by atoms with E-state index in [0.29, 0.717) is 16.8 Å². The normalized spacial score (nSPS) is 17.4. The zero-order valence-corrected chi connectivity index (χ0v) is 15.8. The van der Waals surface area contributed by atoms with Gasteiger partial charge in [0.25, 0.3) is 0 Å². The number of hydrogen-bond donors (Lipinski definition) is 1. The van der Waals surface area contributed by atoms with E-state index in [4.69, 9.17) is 21.3 Å². The first kappa shape index (κ1) is 17.8. The number of nitrogens with one attached hydrogen (secondary N) is 1. The molecule has 0 radical (unpaired) electrons. The summed E-state index contributed by atoms with van der Waals surface area (Å²) in [5, 5.41) is 4.03. The zero-order valence-electron chi connectivity index (χ0n) is 15.1. The number of benzene rings is 1. The van der Waals surface area contributed by atoms with Crippen molar-refractivity contribution in [3.63, 3.8) is 0 Å². The quantitative estimate of drug-likeness (QED) is 0.816. The molecule has 1 N–H and O–H groups in total. The van der Waals surface area contributed by atoms with Crippen LogP contribution < -0.4 is 15.0 Å². The highest BCUT2D eigenvalue weighted by atomic mass is 35.5. The summed E-state index contributed by atoms with van der Waals surface area (Å²) in [7, 11) is 1.64. The number of halogens is 1. The highest BCUT2D eigenvalue weighted by Crippen LogP contribution is 2.33. The Morgan fingerprint density at radius 2 is 2.20 bits per heavy atom. The van der Waals surface area contributed by atoms with E-state index >= 15 is 0 Å². The molecule has 1 unspecified atom stereocenters. The molecule has 1 aliphatic heterocycles. The summed E-state index contributed by atoms with van der Waals surface area (Å²) in [5.41, 5.74) is 1.83. The van der Waals surface area contributed by atoms with Crippen LogP contribution in [0.1, 0.15) is 38.2 Å². The minimum Gasteiger partial charge on any atom is -0.495 e. The van der Waals surface area contributed by atoms with Crippen LogP contribution in [0.25, 0.3) is 0 Å². The van der Waals surface area contributed by atoms with Crippen molar-refractivity contribution in [1.29, 1.82) is 0 Å². The SMILES string of the molecule is CCC1CCCCN1c1nccc(Nc2cc(C)c(Cl)cc2OC)n1. The van der Waals surface area contributed by atoms with E-state index < -0.39 is 0 Å². The van der Waals surface area contributed by atoms with E-state index in [1.54, 1.807) is 13.3 Å². The number of nitrogens with zero attached hydrogens (tertiary/aromatic N) is 3. The number of rotatable bonds is 5. The third-order valence-corrected chi connectivity index (χ3v) is 5.15. The van der Waals surface area contributed by atoms with Crippen LogP contribution in [0.15, 0.2) is 24.4 Å². The third kappa shape index (κ3) is 3.98. The Morgan fingerprint density at radius 1 is 1.36 bits per heavy atom. The van der Waals surface area contributed by atoms with Crippen LogP contribution >= 0.6 is 11.6 Å². The third-order valence-electron chi connectivity index (χ3n) is 4.74. The maximum Gasteiger partial charge on any atom is 0.227 e. The highest BCUT2D eigenvalue weighted by Gasteiger charge is 2.23. The number of ether oxygens (including phenoxy) is 1.